The van der Waals surface area contributed by atoms with Crippen LogP contribution in [0.4, 0.5) is 4.79 Å². The van der Waals surface area contributed by atoms with Crippen molar-refractivity contribution in [1.29, 1.82) is 0 Å². The molecule has 1 saturated heterocycles. The van der Waals surface area contributed by atoms with Gasteiger partial charge in [-0.2, -0.15) is 5.10 Å². The van der Waals surface area contributed by atoms with Gasteiger partial charge in [-0.05, 0) is 31.2 Å². The predicted octanol–water partition coefficient (Wildman–Crippen LogP) is 4.54. The number of hydrogen-bond acceptors (Lipinski definition) is 6. The van der Waals surface area contributed by atoms with Crippen LogP contribution >= 0.6 is 11.6 Å². The Morgan fingerprint density at radius 3 is 2.84 bits per heavy atom. The molecule has 0 aliphatic carbocycles. The first-order valence-electron chi connectivity index (χ1n) is 10.6. The van der Waals surface area contributed by atoms with Gasteiger partial charge in [0.25, 0.3) is 0 Å². The number of carbonyl (C=O) groups is 1. The first-order chi connectivity index (χ1) is 15.0. The van der Waals surface area contributed by atoms with Gasteiger partial charge >= 0.3 is 6.09 Å². The van der Waals surface area contributed by atoms with Gasteiger partial charge in [0.1, 0.15) is 11.5 Å². The van der Waals surface area contributed by atoms with Gasteiger partial charge < -0.3 is 19.5 Å². The summed E-state index contributed by atoms with van der Waals surface area (Å²) in [6, 6.07) is 13.0. The van der Waals surface area contributed by atoms with E-state index in [4.69, 9.17) is 26.2 Å². The molecule has 0 aromatic heterocycles. The molecule has 0 saturated carbocycles. The van der Waals surface area contributed by atoms with Crippen molar-refractivity contribution >= 4 is 23.4 Å². The molecule has 0 radical (unpaired) electrons. The van der Waals surface area contributed by atoms with Crippen LogP contribution < -0.4 is 4.74 Å². The van der Waals surface area contributed by atoms with E-state index in [2.05, 4.69) is 6.07 Å². The van der Waals surface area contributed by atoms with Gasteiger partial charge in [0, 0.05) is 48.5 Å². The number of benzene rings is 2. The molecular weight excluding hydrogens is 418 g/mol. The van der Waals surface area contributed by atoms with Crippen molar-refractivity contribution in [2.45, 2.75) is 38.0 Å². The minimum atomic E-state index is -0.655. The van der Waals surface area contributed by atoms with Crippen LogP contribution in [0.1, 0.15) is 43.4 Å². The highest BCUT2D eigenvalue weighted by molar-refractivity contribution is 6.31. The zero-order valence-corrected chi connectivity index (χ0v) is 18.0. The van der Waals surface area contributed by atoms with Gasteiger partial charge in [-0.3, -0.25) is 0 Å². The molecule has 1 amide bonds. The standard InChI is InChI=1S/C23H24ClN3O4/c1-2-30-22(29)26-11-9-23(10-12-26)27-19(16-5-3-4-6-21(16)31-23)14-18(25-27)17-13-15(24)7-8-20(17)28/h3-8,13,19,28H,2,9-12,14H2,1H3/t19-/m1/s1. The highest BCUT2D eigenvalue weighted by Crippen LogP contribution is 2.50. The second-order valence-electron chi connectivity index (χ2n) is 8.04. The van der Waals surface area contributed by atoms with Gasteiger partial charge in [-0.1, -0.05) is 29.8 Å². The number of piperidine rings is 1. The number of aromatic hydroxyl groups is 1. The second-order valence-corrected chi connectivity index (χ2v) is 8.48. The van der Waals surface area contributed by atoms with Crippen LogP contribution in [0.3, 0.4) is 0 Å². The van der Waals surface area contributed by atoms with Crippen molar-refractivity contribution in [2.24, 2.45) is 5.10 Å². The van der Waals surface area contributed by atoms with Crippen LogP contribution in [0.5, 0.6) is 11.5 Å². The van der Waals surface area contributed by atoms with Crippen molar-refractivity contribution in [1.82, 2.24) is 9.91 Å². The van der Waals surface area contributed by atoms with Gasteiger partial charge in [0.05, 0.1) is 18.4 Å². The maximum Gasteiger partial charge on any atom is 0.409 e. The van der Waals surface area contributed by atoms with E-state index in [-0.39, 0.29) is 17.9 Å². The highest BCUT2D eigenvalue weighted by Gasteiger charge is 2.52. The lowest BCUT2D eigenvalue weighted by molar-refractivity contribution is -0.147. The maximum absolute atomic E-state index is 12.2. The number of hydrogen-bond donors (Lipinski definition) is 1. The lowest BCUT2D eigenvalue weighted by Gasteiger charge is -2.50. The number of ether oxygens (including phenoxy) is 2. The topological polar surface area (TPSA) is 74.6 Å². The quantitative estimate of drug-likeness (QED) is 0.740. The van der Waals surface area contributed by atoms with E-state index in [1.807, 2.05) is 23.2 Å². The number of rotatable bonds is 2. The van der Waals surface area contributed by atoms with Crippen molar-refractivity contribution in [2.75, 3.05) is 19.7 Å². The molecular formula is C23H24ClN3O4. The number of fused-ring (bicyclic) bond motifs is 4. The molecule has 162 valence electrons. The van der Waals surface area contributed by atoms with Crippen LogP contribution in [0, 0.1) is 0 Å². The number of halogens is 1. The fraction of sp³-hybridized carbons (Fsp3) is 0.391. The summed E-state index contributed by atoms with van der Waals surface area (Å²) in [5, 5.41) is 17.9. The number of phenolic OH excluding ortho intramolecular Hbond substituents is 1. The molecule has 8 heteroatoms. The van der Waals surface area contributed by atoms with Gasteiger partial charge in [-0.25, -0.2) is 9.80 Å². The van der Waals surface area contributed by atoms with Crippen LogP contribution in [0.25, 0.3) is 0 Å². The van der Waals surface area contributed by atoms with E-state index in [0.29, 0.717) is 49.5 Å². The van der Waals surface area contributed by atoms with E-state index >= 15 is 0 Å². The monoisotopic (exact) mass is 441 g/mol. The predicted molar refractivity (Wildman–Crippen MR) is 116 cm³/mol. The lowest BCUT2D eigenvalue weighted by atomic mass is 9.90. The number of phenols is 1. The Labute approximate surface area is 185 Å². The van der Waals surface area contributed by atoms with Crippen molar-refractivity contribution in [3.8, 4) is 11.5 Å². The third kappa shape index (κ3) is 3.37. The molecule has 5 rings (SSSR count). The van der Waals surface area contributed by atoms with E-state index in [1.165, 1.54) is 0 Å². The SMILES string of the molecule is CCOC(=O)N1CCC2(CC1)Oc1ccccc1[C@H]1CC(c3cc(Cl)ccc3O)=NN12. The summed E-state index contributed by atoms with van der Waals surface area (Å²) >= 11 is 6.19. The normalized spacial score (nSPS) is 21.2. The number of hydrazone groups is 1. The van der Waals surface area contributed by atoms with Crippen LogP contribution in [0.2, 0.25) is 5.02 Å². The van der Waals surface area contributed by atoms with E-state index in [0.717, 1.165) is 17.0 Å². The summed E-state index contributed by atoms with van der Waals surface area (Å²) in [7, 11) is 0. The molecule has 3 aliphatic rings. The number of para-hydroxylation sites is 1. The number of carbonyl (C=O) groups excluding carboxylic acids is 1. The fourth-order valence-electron chi connectivity index (χ4n) is 4.72. The number of likely N-dealkylation sites (tertiary alicyclic amines) is 1. The summed E-state index contributed by atoms with van der Waals surface area (Å²) in [5.41, 5.74) is 1.83. The molecule has 1 atom stereocenters. The van der Waals surface area contributed by atoms with Crippen molar-refractivity contribution in [3.05, 3.63) is 58.6 Å². The third-order valence-corrected chi connectivity index (χ3v) is 6.48. The average molecular weight is 442 g/mol. The Morgan fingerprint density at radius 1 is 1.29 bits per heavy atom. The summed E-state index contributed by atoms with van der Waals surface area (Å²) in [6.45, 7) is 3.21. The van der Waals surface area contributed by atoms with E-state index < -0.39 is 5.72 Å². The minimum absolute atomic E-state index is 0.00697. The van der Waals surface area contributed by atoms with Crippen molar-refractivity contribution in [3.63, 3.8) is 0 Å². The zero-order chi connectivity index (χ0) is 21.6. The lowest BCUT2D eigenvalue weighted by Crippen LogP contribution is -2.59. The summed E-state index contributed by atoms with van der Waals surface area (Å²) in [5.74, 6) is 1.00. The van der Waals surface area contributed by atoms with E-state index in [9.17, 15) is 9.90 Å². The Hall–Kier alpha value is -2.93. The largest absolute Gasteiger partial charge is 0.507 e. The number of nitrogens with zero attached hydrogens (tertiary/aromatic N) is 3. The first kappa shape index (κ1) is 20.0. The highest BCUT2D eigenvalue weighted by atomic mass is 35.5. The Bertz CT molecular complexity index is 1050. The second kappa shape index (κ2) is 7.64. The molecule has 1 N–H and O–H groups in total. The molecule has 31 heavy (non-hydrogen) atoms. The average Bonchev–Trinajstić information content (AvgIpc) is 3.23. The van der Waals surface area contributed by atoms with Crippen LogP contribution in [-0.4, -0.2) is 52.2 Å². The van der Waals surface area contributed by atoms with Crippen LogP contribution in [-0.2, 0) is 4.74 Å². The number of amides is 1. The zero-order valence-electron chi connectivity index (χ0n) is 17.3. The minimum Gasteiger partial charge on any atom is -0.507 e. The molecule has 0 bridgehead atoms. The molecule has 2 aromatic rings. The molecule has 3 aliphatic heterocycles. The van der Waals surface area contributed by atoms with Crippen molar-refractivity contribution < 1.29 is 19.4 Å². The summed E-state index contributed by atoms with van der Waals surface area (Å²) < 4.78 is 11.7. The maximum atomic E-state index is 12.2. The van der Waals surface area contributed by atoms with Gasteiger partial charge in [0.2, 0.25) is 5.72 Å². The molecule has 0 unspecified atom stereocenters. The Balaban J connectivity index is 1.50. The molecule has 1 spiro atoms. The van der Waals surface area contributed by atoms with Gasteiger partial charge in [0.15, 0.2) is 0 Å². The molecule has 1 fully saturated rings. The third-order valence-electron chi connectivity index (χ3n) is 6.25. The fourth-order valence-corrected chi connectivity index (χ4v) is 4.89. The van der Waals surface area contributed by atoms with E-state index in [1.54, 1.807) is 30.0 Å². The Kier molecular flexibility index (Phi) is 4.93. The Morgan fingerprint density at radius 2 is 2.06 bits per heavy atom. The summed E-state index contributed by atoms with van der Waals surface area (Å²) in [4.78, 5) is 13.9. The first-order valence-corrected chi connectivity index (χ1v) is 10.9. The molecule has 2 aromatic carbocycles. The van der Waals surface area contributed by atoms with Gasteiger partial charge in [-0.15, -0.1) is 0 Å². The molecule has 7 nitrogen and oxygen atoms in total. The molecule has 3 heterocycles. The van der Waals surface area contributed by atoms with Crippen LogP contribution in [0.15, 0.2) is 47.6 Å². The smallest absolute Gasteiger partial charge is 0.409 e. The summed E-state index contributed by atoms with van der Waals surface area (Å²) in [6.07, 6.45) is 1.56.